The van der Waals surface area contributed by atoms with Gasteiger partial charge in [-0.15, -0.1) is 10.2 Å². The summed E-state index contributed by atoms with van der Waals surface area (Å²) in [5.41, 5.74) is 1.82. The van der Waals surface area contributed by atoms with Crippen LogP contribution < -0.4 is 5.32 Å². The SMILES string of the molecule is C[C@@H](NC(=O)CSc1nnc(-c2ccccc2)n1-c1ccc(F)cc1F)c1ccccc1. The fourth-order valence-corrected chi connectivity index (χ4v) is 4.01. The maximum Gasteiger partial charge on any atom is 0.230 e. The topological polar surface area (TPSA) is 59.8 Å². The van der Waals surface area contributed by atoms with Crippen LogP contribution in [0.3, 0.4) is 0 Å². The van der Waals surface area contributed by atoms with Crippen LogP contribution in [0.25, 0.3) is 17.1 Å². The minimum absolute atomic E-state index is 0.0624. The lowest BCUT2D eigenvalue weighted by molar-refractivity contribution is -0.119. The van der Waals surface area contributed by atoms with Crippen molar-refractivity contribution in [3.63, 3.8) is 0 Å². The smallest absolute Gasteiger partial charge is 0.230 e. The van der Waals surface area contributed by atoms with E-state index in [1.165, 1.54) is 16.7 Å². The number of aromatic nitrogens is 3. The molecule has 0 aliphatic carbocycles. The molecular formula is C24H20F2N4OS. The molecule has 1 amide bonds. The van der Waals surface area contributed by atoms with E-state index >= 15 is 0 Å². The Kier molecular flexibility index (Phi) is 6.61. The average Bonchev–Trinajstić information content (AvgIpc) is 3.22. The summed E-state index contributed by atoms with van der Waals surface area (Å²) < 4.78 is 29.6. The Morgan fingerprint density at radius 1 is 1.00 bits per heavy atom. The highest BCUT2D eigenvalue weighted by molar-refractivity contribution is 7.99. The molecular weight excluding hydrogens is 430 g/mol. The van der Waals surface area contributed by atoms with Crippen molar-refractivity contribution >= 4 is 17.7 Å². The molecule has 4 rings (SSSR count). The van der Waals surface area contributed by atoms with E-state index in [1.807, 2.05) is 67.6 Å². The highest BCUT2D eigenvalue weighted by Crippen LogP contribution is 2.29. The third-order valence-corrected chi connectivity index (χ3v) is 5.75. The Labute approximate surface area is 188 Å². The Morgan fingerprint density at radius 2 is 1.69 bits per heavy atom. The number of thioether (sulfide) groups is 1. The molecule has 162 valence electrons. The number of rotatable bonds is 7. The summed E-state index contributed by atoms with van der Waals surface area (Å²) in [7, 11) is 0. The second-order valence-corrected chi connectivity index (χ2v) is 8.03. The van der Waals surface area contributed by atoms with Gasteiger partial charge >= 0.3 is 0 Å². The van der Waals surface area contributed by atoms with E-state index in [4.69, 9.17) is 0 Å². The van der Waals surface area contributed by atoms with Gasteiger partial charge in [-0.05, 0) is 24.6 Å². The van der Waals surface area contributed by atoms with Crippen LogP contribution in [-0.2, 0) is 4.79 Å². The van der Waals surface area contributed by atoms with Crippen molar-refractivity contribution in [2.45, 2.75) is 18.1 Å². The molecule has 3 aromatic carbocycles. The van der Waals surface area contributed by atoms with Gasteiger partial charge in [0.2, 0.25) is 5.91 Å². The maximum absolute atomic E-state index is 14.6. The van der Waals surface area contributed by atoms with Crippen molar-refractivity contribution < 1.29 is 13.6 Å². The molecule has 0 spiro atoms. The molecule has 1 heterocycles. The van der Waals surface area contributed by atoms with Crippen LogP contribution in [0.15, 0.2) is 84.0 Å². The van der Waals surface area contributed by atoms with Gasteiger partial charge in [0, 0.05) is 11.6 Å². The molecule has 0 aliphatic heterocycles. The first-order valence-electron chi connectivity index (χ1n) is 9.96. The fraction of sp³-hybridized carbons (Fsp3) is 0.125. The van der Waals surface area contributed by atoms with Crippen LogP contribution in [0.4, 0.5) is 8.78 Å². The van der Waals surface area contributed by atoms with Crippen molar-refractivity contribution in [3.8, 4) is 17.1 Å². The van der Waals surface area contributed by atoms with Gasteiger partial charge in [0.1, 0.15) is 11.6 Å². The van der Waals surface area contributed by atoms with Gasteiger partial charge in [0.25, 0.3) is 0 Å². The minimum atomic E-state index is -0.744. The molecule has 0 radical (unpaired) electrons. The standard InChI is InChI=1S/C24H20F2N4OS/c1-16(17-8-4-2-5-9-17)27-22(31)15-32-24-29-28-23(18-10-6-3-7-11-18)30(24)21-13-12-19(25)14-20(21)26/h2-14,16H,15H2,1H3,(H,27,31)/t16-/m1/s1. The second-order valence-electron chi connectivity index (χ2n) is 7.09. The van der Waals surface area contributed by atoms with E-state index in [-0.39, 0.29) is 23.4 Å². The molecule has 0 saturated heterocycles. The van der Waals surface area contributed by atoms with Crippen molar-refractivity contribution in [1.29, 1.82) is 0 Å². The number of benzene rings is 3. The highest BCUT2D eigenvalue weighted by Gasteiger charge is 2.20. The first-order valence-corrected chi connectivity index (χ1v) is 10.9. The quantitative estimate of drug-likeness (QED) is 0.394. The zero-order valence-electron chi connectivity index (χ0n) is 17.2. The van der Waals surface area contributed by atoms with Crippen LogP contribution in [0, 0.1) is 11.6 Å². The minimum Gasteiger partial charge on any atom is -0.349 e. The van der Waals surface area contributed by atoms with Gasteiger partial charge in [-0.2, -0.15) is 0 Å². The van der Waals surface area contributed by atoms with E-state index in [1.54, 1.807) is 0 Å². The average molecular weight is 451 g/mol. The summed E-state index contributed by atoms with van der Waals surface area (Å²) in [6.45, 7) is 1.90. The fourth-order valence-electron chi connectivity index (χ4n) is 3.26. The lowest BCUT2D eigenvalue weighted by Crippen LogP contribution is -2.28. The maximum atomic E-state index is 14.6. The second kappa shape index (κ2) is 9.74. The number of amides is 1. The van der Waals surface area contributed by atoms with E-state index in [2.05, 4.69) is 15.5 Å². The number of halogens is 2. The van der Waals surface area contributed by atoms with Crippen LogP contribution in [0.1, 0.15) is 18.5 Å². The molecule has 1 atom stereocenters. The van der Waals surface area contributed by atoms with Gasteiger partial charge in [0.15, 0.2) is 11.0 Å². The summed E-state index contributed by atoms with van der Waals surface area (Å²) >= 11 is 1.13. The molecule has 4 aromatic rings. The van der Waals surface area contributed by atoms with Crippen LogP contribution >= 0.6 is 11.8 Å². The molecule has 5 nitrogen and oxygen atoms in total. The summed E-state index contributed by atoms with van der Waals surface area (Å²) in [6.07, 6.45) is 0. The summed E-state index contributed by atoms with van der Waals surface area (Å²) in [4.78, 5) is 12.5. The normalized spacial score (nSPS) is 11.8. The van der Waals surface area contributed by atoms with E-state index in [0.29, 0.717) is 11.0 Å². The molecule has 8 heteroatoms. The molecule has 0 aliphatic rings. The first kappa shape index (κ1) is 21.7. The predicted molar refractivity (Wildman–Crippen MR) is 120 cm³/mol. The Hall–Kier alpha value is -3.52. The van der Waals surface area contributed by atoms with Gasteiger partial charge < -0.3 is 5.32 Å². The van der Waals surface area contributed by atoms with Crippen LogP contribution in [0.2, 0.25) is 0 Å². The van der Waals surface area contributed by atoms with Crippen molar-refractivity contribution in [1.82, 2.24) is 20.1 Å². The van der Waals surface area contributed by atoms with Gasteiger partial charge in [-0.25, -0.2) is 8.78 Å². The van der Waals surface area contributed by atoms with Crippen molar-refractivity contribution in [2.24, 2.45) is 0 Å². The van der Waals surface area contributed by atoms with Gasteiger partial charge in [0.05, 0.1) is 17.5 Å². The van der Waals surface area contributed by atoms with E-state index in [9.17, 15) is 13.6 Å². The number of carbonyl (C=O) groups is 1. The third-order valence-electron chi connectivity index (χ3n) is 4.83. The predicted octanol–water partition coefficient (Wildman–Crippen LogP) is 5.18. The lowest BCUT2D eigenvalue weighted by atomic mass is 10.1. The zero-order chi connectivity index (χ0) is 22.5. The summed E-state index contributed by atoms with van der Waals surface area (Å²) in [5.74, 6) is -1.15. The summed E-state index contributed by atoms with van der Waals surface area (Å²) in [5, 5.41) is 11.7. The molecule has 1 aromatic heterocycles. The number of hydrogen-bond acceptors (Lipinski definition) is 4. The Balaban J connectivity index is 1.59. The zero-order valence-corrected chi connectivity index (χ0v) is 18.0. The number of carbonyl (C=O) groups excluding carboxylic acids is 1. The third kappa shape index (κ3) is 4.86. The van der Waals surface area contributed by atoms with Crippen LogP contribution in [-0.4, -0.2) is 26.4 Å². The molecule has 32 heavy (non-hydrogen) atoms. The van der Waals surface area contributed by atoms with Crippen molar-refractivity contribution in [3.05, 3.63) is 96.1 Å². The number of nitrogens with zero attached hydrogens (tertiary/aromatic N) is 3. The van der Waals surface area contributed by atoms with Crippen molar-refractivity contribution in [2.75, 3.05) is 5.75 Å². The molecule has 0 fully saturated rings. The van der Waals surface area contributed by atoms with Crippen LogP contribution in [0.5, 0.6) is 0 Å². The van der Waals surface area contributed by atoms with E-state index in [0.717, 1.165) is 29.0 Å². The molecule has 0 bridgehead atoms. The lowest BCUT2D eigenvalue weighted by Gasteiger charge is -2.14. The molecule has 0 unspecified atom stereocenters. The largest absolute Gasteiger partial charge is 0.349 e. The molecule has 0 saturated carbocycles. The first-order chi connectivity index (χ1) is 15.5. The molecule has 1 N–H and O–H groups in total. The number of hydrogen-bond donors (Lipinski definition) is 1. The van der Waals surface area contributed by atoms with Gasteiger partial charge in [-0.3, -0.25) is 9.36 Å². The van der Waals surface area contributed by atoms with E-state index < -0.39 is 11.6 Å². The summed E-state index contributed by atoms with van der Waals surface area (Å²) in [6, 6.07) is 22.0. The van der Waals surface area contributed by atoms with Gasteiger partial charge in [-0.1, -0.05) is 72.4 Å². The Bertz CT molecular complexity index is 1220. The monoisotopic (exact) mass is 450 g/mol. The highest BCUT2D eigenvalue weighted by atomic mass is 32.2. The Morgan fingerprint density at radius 3 is 2.38 bits per heavy atom. The number of nitrogens with one attached hydrogen (secondary N) is 1.